The number of aromatic amines is 1. The fourth-order valence-corrected chi connectivity index (χ4v) is 2.71. The van der Waals surface area contributed by atoms with Crippen molar-refractivity contribution in [2.24, 2.45) is 0 Å². The SMILES string of the molecule is Nc1[nH]ncc1C(O)c1cscc1Br. The van der Waals surface area contributed by atoms with Gasteiger partial charge in [-0.3, -0.25) is 5.10 Å². The van der Waals surface area contributed by atoms with Crippen LogP contribution >= 0.6 is 27.3 Å². The van der Waals surface area contributed by atoms with Gasteiger partial charge in [-0.15, -0.1) is 0 Å². The van der Waals surface area contributed by atoms with Crippen LogP contribution in [0.15, 0.2) is 21.4 Å². The summed E-state index contributed by atoms with van der Waals surface area (Å²) in [7, 11) is 0. The van der Waals surface area contributed by atoms with Crippen molar-refractivity contribution in [3.05, 3.63) is 32.6 Å². The van der Waals surface area contributed by atoms with E-state index in [1.54, 1.807) is 0 Å². The van der Waals surface area contributed by atoms with E-state index in [1.807, 2.05) is 10.8 Å². The molecule has 0 aliphatic rings. The molecule has 74 valence electrons. The average molecular weight is 274 g/mol. The van der Waals surface area contributed by atoms with E-state index in [4.69, 9.17) is 5.73 Å². The normalized spacial score (nSPS) is 13.0. The number of thiophene rings is 1. The van der Waals surface area contributed by atoms with Crippen molar-refractivity contribution in [2.75, 3.05) is 5.73 Å². The Bertz CT molecular complexity index is 399. The molecule has 14 heavy (non-hydrogen) atoms. The van der Waals surface area contributed by atoms with E-state index in [2.05, 4.69) is 26.1 Å². The Morgan fingerprint density at radius 2 is 2.29 bits per heavy atom. The highest BCUT2D eigenvalue weighted by molar-refractivity contribution is 9.10. The second-order valence-corrected chi connectivity index (χ2v) is 4.41. The van der Waals surface area contributed by atoms with Gasteiger partial charge in [0.25, 0.3) is 0 Å². The monoisotopic (exact) mass is 273 g/mol. The van der Waals surface area contributed by atoms with Crippen molar-refractivity contribution in [3.63, 3.8) is 0 Å². The molecule has 1 unspecified atom stereocenters. The van der Waals surface area contributed by atoms with Crippen LogP contribution in [-0.4, -0.2) is 15.3 Å². The predicted octanol–water partition coefficient (Wildman–Crippen LogP) is 1.90. The minimum absolute atomic E-state index is 0.399. The number of aliphatic hydroxyl groups excluding tert-OH is 1. The highest BCUT2D eigenvalue weighted by Gasteiger charge is 2.18. The van der Waals surface area contributed by atoms with Gasteiger partial charge in [-0.2, -0.15) is 16.4 Å². The van der Waals surface area contributed by atoms with Crippen LogP contribution in [0.2, 0.25) is 0 Å². The molecule has 0 bridgehead atoms. The van der Waals surface area contributed by atoms with E-state index in [0.29, 0.717) is 11.4 Å². The fraction of sp³-hybridized carbons (Fsp3) is 0.125. The maximum Gasteiger partial charge on any atom is 0.125 e. The molecule has 0 fully saturated rings. The third-order valence-corrected chi connectivity index (χ3v) is 3.68. The number of nitrogens with two attached hydrogens (primary N) is 1. The number of hydrogen-bond acceptors (Lipinski definition) is 4. The van der Waals surface area contributed by atoms with E-state index in [1.165, 1.54) is 17.5 Å². The summed E-state index contributed by atoms with van der Waals surface area (Å²) < 4.78 is 0.885. The quantitative estimate of drug-likeness (QED) is 0.782. The van der Waals surface area contributed by atoms with Crippen LogP contribution in [0.25, 0.3) is 0 Å². The Balaban J connectivity index is 2.38. The number of halogens is 1. The molecule has 0 saturated heterocycles. The van der Waals surface area contributed by atoms with Crippen molar-refractivity contribution < 1.29 is 5.11 Å². The second kappa shape index (κ2) is 3.72. The standard InChI is InChI=1S/C8H8BrN3OS/c9-6-3-14-2-5(6)7(13)4-1-11-12-8(4)10/h1-3,7,13H,(H3,10,11,12). The number of anilines is 1. The number of aromatic nitrogens is 2. The lowest BCUT2D eigenvalue weighted by Crippen LogP contribution is -2.01. The van der Waals surface area contributed by atoms with Crippen LogP contribution in [-0.2, 0) is 0 Å². The zero-order valence-corrected chi connectivity index (χ0v) is 9.47. The van der Waals surface area contributed by atoms with Gasteiger partial charge in [0.05, 0.1) is 6.20 Å². The highest BCUT2D eigenvalue weighted by atomic mass is 79.9. The molecular weight excluding hydrogens is 266 g/mol. The van der Waals surface area contributed by atoms with Crippen molar-refractivity contribution in [1.29, 1.82) is 0 Å². The number of hydrogen-bond donors (Lipinski definition) is 3. The Morgan fingerprint density at radius 1 is 1.50 bits per heavy atom. The predicted molar refractivity (Wildman–Crippen MR) is 59.1 cm³/mol. The fourth-order valence-electron chi connectivity index (χ4n) is 1.18. The van der Waals surface area contributed by atoms with Gasteiger partial charge in [-0.05, 0) is 21.3 Å². The first-order valence-corrected chi connectivity index (χ1v) is 5.62. The first-order valence-electron chi connectivity index (χ1n) is 3.88. The van der Waals surface area contributed by atoms with E-state index in [9.17, 15) is 5.11 Å². The molecule has 2 aromatic heterocycles. The molecule has 4 N–H and O–H groups in total. The second-order valence-electron chi connectivity index (χ2n) is 2.82. The van der Waals surface area contributed by atoms with E-state index in [-0.39, 0.29) is 0 Å². The molecule has 0 aliphatic heterocycles. The lowest BCUT2D eigenvalue weighted by Gasteiger charge is -2.07. The maximum atomic E-state index is 9.97. The van der Waals surface area contributed by atoms with Gasteiger partial charge >= 0.3 is 0 Å². The Labute approximate surface area is 92.9 Å². The van der Waals surface area contributed by atoms with Crippen molar-refractivity contribution in [3.8, 4) is 0 Å². The van der Waals surface area contributed by atoms with Crippen LogP contribution < -0.4 is 5.73 Å². The molecule has 2 aromatic rings. The lowest BCUT2D eigenvalue weighted by molar-refractivity contribution is 0.221. The Hall–Kier alpha value is -0.850. The summed E-state index contributed by atoms with van der Waals surface area (Å²) in [5.41, 5.74) is 7.02. The zero-order valence-electron chi connectivity index (χ0n) is 7.07. The van der Waals surface area contributed by atoms with Gasteiger partial charge in [0.2, 0.25) is 0 Å². The van der Waals surface area contributed by atoms with Gasteiger partial charge in [0, 0.05) is 21.0 Å². The molecule has 0 saturated carbocycles. The summed E-state index contributed by atoms with van der Waals surface area (Å²) in [5, 5.41) is 20.1. The van der Waals surface area contributed by atoms with Gasteiger partial charge in [-0.1, -0.05) is 0 Å². The Morgan fingerprint density at radius 3 is 2.79 bits per heavy atom. The number of nitrogen functional groups attached to an aromatic ring is 1. The summed E-state index contributed by atoms with van der Waals surface area (Å²) in [6.07, 6.45) is 0.804. The van der Waals surface area contributed by atoms with Gasteiger partial charge in [0.1, 0.15) is 11.9 Å². The zero-order chi connectivity index (χ0) is 10.1. The number of rotatable bonds is 2. The summed E-state index contributed by atoms with van der Waals surface area (Å²) in [6.45, 7) is 0. The molecule has 0 aliphatic carbocycles. The van der Waals surface area contributed by atoms with Crippen LogP contribution in [0.5, 0.6) is 0 Å². The van der Waals surface area contributed by atoms with Crippen molar-refractivity contribution in [1.82, 2.24) is 10.2 Å². The first kappa shape index (κ1) is 9.70. The van der Waals surface area contributed by atoms with Crippen LogP contribution in [0.1, 0.15) is 17.2 Å². The van der Waals surface area contributed by atoms with Gasteiger partial charge in [0.15, 0.2) is 0 Å². The van der Waals surface area contributed by atoms with Gasteiger partial charge < -0.3 is 10.8 Å². The number of nitrogens with zero attached hydrogens (tertiary/aromatic N) is 1. The first-order chi connectivity index (χ1) is 6.70. The van der Waals surface area contributed by atoms with Crippen LogP contribution in [0.4, 0.5) is 5.82 Å². The van der Waals surface area contributed by atoms with Crippen LogP contribution in [0.3, 0.4) is 0 Å². The molecular formula is C8H8BrN3OS. The lowest BCUT2D eigenvalue weighted by atomic mass is 10.1. The molecule has 2 rings (SSSR count). The summed E-state index contributed by atoms with van der Waals surface area (Å²) in [5.74, 6) is 0.399. The van der Waals surface area contributed by atoms with Crippen molar-refractivity contribution in [2.45, 2.75) is 6.10 Å². The largest absolute Gasteiger partial charge is 0.384 e. The van der Waals surface area contributed by atoms with E-state index < -0.39 is 6.10 Å². The highest BCUT2D eigenvalue weighted by Crippen LogP contribution is 2.32. The minimum atomic E-state index is -0.727. The van der Waals surface area contributed by atoms with Crippen LogP contribution in [0, 0.1) is 0 Å². The molecule has 0 aromatic carbocycles. The number of H-pyrrole nitrogens is 1. The average Bonchev–Trinajstić information content (AvgIpc) is 2.73. The van der Waals surface area contributed by atoms with Gasteiger partial charge in [-0.25, -0.2) is 0 Å². The topological polar surface area (TPSA) is 74.9 Å². The maximum absolute atomic E-state index is 9.97. The molecule has 0 radical (unpaired) electrons. The minimum Gasteiger partial charge on any atom is -0.384 e. The molecule has 0 amide bonds. The van der Waals surface area contributed by atoms with Crippen molar-refractivity contribution >= 4 is 33.1 Å². The molecule has 0 spiro atoms. The summed E-state index contributed by atoms with van der Waals surface area (Å²) in [4.78, 5) is 0. The third-order valence-electron chi connectivity index (χ3n) is 1.93. The molecule has 6 heteroatoms. The summed E-state index contributed by atoms with van der Waals surface area (Å²) >= 11 is 4.88. The molecule has 2 heterocycles. The van der Waals surface area contributed by atoms with E-state index >= 15 is 0 Å². The smallest absolute Gasteiger partial charge is 0.125 e. The summed E-state index contributed by atoms with van der Waals surface area (Å²) in [6, 6.07) is 0. The molecule has 4 nitrogen and oxygen atoms in total. The number of aliphatic hydroxyl groups is 1. The number of nitrogens with one attached hydrogen (secondary N) is 1. The van der Waals surface area contributed by atoms with E-state index in [0.717, 1.165) is 10.0 Å². The third kappa shape index (κ3) is 1.56. The molecule has 1 atom stereocenters. The Kier molecular flexibility index (Phi) is 2.58.